The van der Waals surface area contributed by atoms with E-state index in [9.17, 15) is 4.79 Å². The molecule has 3 heterocycles. The molecule has 6 rings (SSSR count). The van der Waals surface area contributed by atoms with E-state index in [0.29, 0.717) is 33.9 Å². The fraction of sp³-hybridized carbons (Fsp3) is 0.115. The summed E-state index contributed by atoms with van der Waals surface area (Å²) in [4.78, 5) is 12.7. The van der Waals surface area contributed by atoms with Gasteiger partial charge in [0.1, 0.15) is 5.58 Å². The zero-order valence-electron chi connectivity index (χ0n) is 18.7. The number of rotatable bonds is 6. The van der Waals surface area contributed by atoms with Crippen molar-refractivity contribution in [1.29, 1.82) is 0 Å². The molecule has 0 unspecified atom stereocenters. The Balaban J connectivity index is 1.27. The van der Waals surface area contributed by atoms with Crippen LogP contribution in [0.4, 0.5) is 5.69 Å². The van der Waals surface area contributed by atoms with Crippen LogP contribution < -0.4 is 14.8 Å². The summed E-state index contributed by atoms with van der Waals surface area (Å²) in [5.41, 5.74) is 3.44. The molecule has 2 aromatic heterocycles. The van der Waals surface area contributed by atoms with E-state index in [1.54, 1.807) is 18.2 Å². The Bertz CT molecular complexity index is 1510. The molecule has 1 aliphatic heterocycles. The maximum atomic E-state index is 12.7. The van der Waals surface area contributed by atoms with Gasteiger partial charge in [0.2, 0.25) is 18.5 Å². The number of nitrogens with one attached hydrogen (secondary N) is 1. The van der Waals surface area contributed by atoms with Gasteiger partial charge < -0.3 is 19.2 Å². The zero-order chi connectivity index (χ0) is 23.8. The fourth-order valence-corrected chi connectivity index (χ4v) is 4.60. The van der Waals surface area contributed by atoms with Gasteiger partial charge in [0.25, 0.3) is 0 Å². The van der Waals surface area contributed by atoms with Crippen LogP contribution in [0.5, 0.6) is 11.5 Å². The van der Waals surface area contributed by atoms with E-state index in [1.165, 1.54) is 11.8 Å². The first kappa shape index (κ1) is 21.3. The first-order valence-electron chi connectivity index (χ1n) is 11.0. The van der Waals surface area contributed by atoms with Crippen LogP contribution in [-0.2, 0) is 4.79 Å². The van der Waals surface area contributed by atoms with Crippen molar-refractivity contribution in [3.8, 4) is 28.8 Å². The number of thioether (sulfide) groups is 1. The summed E-state index contributed by atoms with van der Waals surface area (Å²) in [7, 11) is 0. The van der Waals surface area contributed by atoms with Crippen LogP contribution in [-0.4, -0.2) is 33.2 Å². The van der Waals surface area contributed by atoms with Crippen molar-refractivity contribution in [1.82, 2.24) is 14.8 Å². The number of nitrogens with zero attached hydrogens (tertiary/aromatic N) is 3. The lowest BCUT2D eigenvalue weighted by atomic mass is 10.2. The molecule has 1 aliphatic rings. The van der Waals surface area contributed by atoms with Crippen molar-refractivity contribution >= 4 is 34.3 Å². The third kappa shape index (κ3) is 4.22. The van der Waals surface area contributed by atoms with E-state index >= 15 is 0 Å². The lowest BCUT2D eigenvalue weighted by molar-refractivity contribution is -0.113. The number of para-hydroxylation sites is 1. The van der Waals surface area contributed by atoms with E-state index in [0.717, 1.165) is 22.2 Å². The predicted molar refractivity (Wildman–Crippen MR) is 133 cm³/mol. The lowest BCUT2D eigenvalue weighted by Crippen LogP contribution is -2.14. The van der Waals surface area contributed by atoms with Gasteiger partial charge in [-0.1, -0.05) is 47.7 Å². The first-order valence-corrected chi connectivity index (χ1v) is 12.0. The molecule has 1 N–H and O–H groups in total. The normalized spacial score (nSPS) is 12.3. The van der Waals surface area contributed by atoms with Gasteiger partial charge >= 0.3 is 0 Å². The van der Waals surface area contributed by atoms with Crippen LogP contribution in [0.2, 0.25) is 0 Å². The molecule has 1 amide bonds. The predicted octanol–water partition coefficient (Wildman–Crippen LogP) is 5.45. The lowest BCUT2D eigenvalue weighted by Gasteiger charge is -2.10. The van der Waals surface area contributed by atoms with Crippen molar-refractivity contribution < 1.29 is 18.7 Å². The molecule has 0 saturated carbocycles. The number of anilines is 1. The number of benzene rings is 3. The van der Waals surface area contributed by atoms with E-state index in [-0.39, 0.29) is 18.5 Å². The summed E-state index contributed by atoms with van der Waals surface area (Å²) in [5.74, 6) is 2.45. The van der Waals surface area contributed by atoms with Crippen LogP contribution in [0.3, 0.4) is 0 Å². The molecule has 35 heavy (non-hydrogen) atoms. The van der Waals surface area contributed by atoms with Gasteiger partial charge in [0, 0.05) is 22.8 Å². The minimum atomic E-state index is -0.169. The molecule has 0 fully saturated rings. The topological polar surface area (TPSA) is 91.4 Å². The number of amides is 1. The third-order valence-electron chi connectivity index (χ3n) is 5.56. The summed E-state index contributed by atoms with van der Waals surface area (Å²) in [6.07, 6.45) is 0. The van der Waals surface area contributed by atoms with Crippen LogP contribution in [0.15, 0.2) is 82.4 Å². The van der Waals surface area contributed by atoms with E-state index in [2.05, 4.69) is 15.5 Å². The van der Waals surface area contributed by atoms with Gasteiger partial charge in [-0.25, -0.2) is 0 Å². The Morgan fingerprint density at radius 3 is 2.69 bits per heavy atom. The van der Waals surface area contributed by atoms with Gasteiger partial charge in [-0.15, -0.1) is 10.2 Å². The number of ether oxygens (including phenoxy) is 2. The molecule has 0 bridgehead atoms. The molecule has 174 valence electrons. The molecule has 0 atom stereocenters. The highest BCUT2D eigenvalue weighted by molar-refractivity contribution is 7.99. The Morgan fingerprint density at radius 2 is 1.83 bits per heavy atom. The number of fused-ring (bicyclic) bond motifs is 2. The minimum absolute atomic E-state index is 0.151. The van der Waals surface area contributed by atoms with E-state index in [1.807, 2.05) is 66.1 Å². The average molecular weight is 485 g/mol. The highest BCUT2D eigenvalue weighted by Gasteiger charge is 2.21. The zero-order valence-corrected chi connectivity index (χ0v) is 19.5. The van der Waals surface area contributed by atoms with Gasteiger partial charge in [-0.05, 0) is 43.3 Å². The summed E-state index contributed by atoms with van der Waals surface area (Å²) in [6.45, 7) is 2.22. The molecular weight excluding hydrogens is 464 g/mol. The van der Waals surface area contributed by atoms with E-state index in [4.69, 9.17) is 13.9 Å². The summed E-state index contributed by atoms with van der Waals surface area (Å²) in [6, 6.07) is 23.1. The Labute approximate surface area is 204 Å². The second-order valence-electron chi connectivity index (χ2n) is 8.03. The maximum absolute atomic E-state index is 12.7. The smallest absolute Gasteiger partial charge is 0.234 e. The number of furan rings is 1. The first-order chi connectivity index (χ1) is 17.1. The number of aryl methyl sites for hydroxylation is 1. The van der Waals surface area contributed by atoms with Crippen LogP contribution in [0.1, 0.15) is 5.56 Å². The van der Waals surface area contributed by atoms with Crippen molar-refractivity contribution in [2.75, 3.05) is 17.9 Å². The summed E-state index contributed by atoms with van der Waals surface area (Å²) in [5, 5.41) is 13.3. The van der Waals surface area contributed by atoms with Crippen molar-refractivity contribution in [2.45, 2.75) is 12.1 Å². The summed E-state index contributed by atoms with van der Waals surface area (Å²) >= 11 is 1.30. The monoisotopic (exact) mass is 484 g/mol. The number of hydrogen-bond donors (Lipinski definition) is 1. The Hall–Kier alpha value is -4.24. The fourth-order valence-electron chi connectivity index (χ4n) is 3.84. The highest BCUT2D eigenvalue weighted by Crippen LogP contribution is 2.35. The van der Waals surface area contributed by atoms with Gasteiger partial charge in [0.15, 0.2) is 22.4 Å². The van der Waals surface area contributed by atoms with Crippen LogP contribution >= 0.6 is 11.8 Å². The largest absolute Gasteiger partial charge is 0.454 e. The molecule has 0 spiro atoms. The second-order valence-corrected chi connectivity index (χ2v) is 8.97. The van der Waals surface area contributed by atoms with Gasteiger partial charge in [0.05, 0.1) is 5.75 Å². The third-order valence-corrected chi connectivity index (χ3v) is 6.49. The Kier molecular flexibility index (Phi) is 5.38. The van der Waals surface area contributed by atoms with Crippen molar-refractivity contribution in [3.63, 3.8) is 0 Å². The number of aromatic nitrogens is 3. The molecule has 0 saturated heterocycles. The molecule has 0 radical (unpaired) electrons. The van der Waals surface area contributed by atoms with Gasteiger partial charge in [-0.3, -0.25) is 9.36 Å². The van der Waals surface area contributed by atoms with Crippen LogP contribution in [0, 0.1) is 6.92 Å². The SMILES string of the molecule is Cc1ccc(-n2c(SCC(=O)Nc3ccc4c(c3)OCO4)nnc2-c2cc3ccccc3o2)cc1. The van der Waals surface area contributed by atoms with Crippen molar-refractivity contribution in [2.24, 2.45) is 0 Å². The number of carbonyl (C=O) groups is 1. The summed E-state index contributed by atoms with van der Waals surface area (Å²) < 4.78 is 18.7. The maximum Gasteiger partial charge on any atom is 0.234 e. The molecular formula is C26H20N4O4S. The highest BCUT2D eigenvalue weighted by atomic mass is 32.2. The molecule has 3 aromatic carbocycles. The molecule has 0 aliphatic carbocycles. The van der Waals surface area contributed by atoms with Gasteiger partial charge in [-0.2, -0.15) is 0 Å². The quantitative estimate of drug-likeness (QED) is 0.321. The standard InChI is InChI=1S/C26H20N4O4S/c1-16-6-9-19(10-7-16)30-25(23-12-17-4-2-3-5-20(17)34-23)28-29-26(30)35-14-24(31)27-18-8-11-21-22(13-18)33-15-32-21/h2-13H,14-15H2,1H3,(H,27,31). The molecule has 8 nitrogen and oxygen atoms in total. The average Bonchev–Trinajstić information content (AvgIpc) is 3.60. The second kappa shape index (κ2) is 8.84. The Morgan fingerprint density at radius 1 is 1.00 bits per heavy atom. The molecule has 9 heteroatoms. The minimum Gasteiger partial charge on any atom is -0.454 e. The number of hydrogen-bond acceptors (Lipinski definition) is 7. The molecule has 5 aromatic rings. The number of carbonyl (C=O) groups excluding carboxylic acids is 1. The van der Waals surface area contributed by atoms with Crippen LogP contribution in [0.25, 0.3) is 28.2 Å². The van der Waals surface area contributed by atoms with E-state index < -0.39 is 0 Å². The van der Waals surface area contributed by atoms with Crippen molar-refractivity contribution in [3.05, 3.63) is 78.4 Å².